The number of rotatable bonds is 10. The van der Waals surface area contributed by atoms with Gasteiger partial charge in [-0.05, 0) is 50.5 Å². The van der Waals surface area contributed by atoms with E-state index in [2.05, 4.69) is 0 Å². The number of amides is 2. The smallest absolute Gasteiger partial charge is 0.311 e. The van der Waals surface area contributed by atoms with E-state index in [9.17, 15) is 14.4 Å². The number of carbonyl (C=O) groups excluding carboxylic acids is 3. The zero-order chi connectivity index (χ0) is 26.3. The van der Waals surface area contributed by atoms with Crippen molar-refractivity contribution in [3.05, 3.63) is 59.7 Å². The van der Waals surface area contributed by atoms with Crippen LogP contribution in [0.5, 0.6) is 11.5 Å². The summed E-state index contributed by atoms with van der Waals surface area (Å²) in [6.45, 7) is 6.68. The maximum absolute atomic E-state index is 13.0. The van der Waals surface area contributed by atoms with Gasteiger partial charge in [-0.15, -0.1) is 0 Å². The Hall–Kier alpha value is -3.55. The second-order valence-corrected chi connectivity index (χ2v) is 9.92. The first-order chi connectivity index (χ1) is 17.1. The van der Waals surface area contributed by atoms with Gasteiger partial charge in [-0.25, -0.2) is 0 Å². The van der Waals surface area contributed by atoms with E-state index in [1.54, 1.807) is 24.0 Å². The minimum atomic E-state index is -0.576. The van der Waals surface area contributed by atoms with Crippen LogP contribution in [0.25, 0.3) is 0 Å². The molecule has 1 aliphatic heterocycles. The third kappa shape index (κ3) is 6.99. The summed E-state index contributed by atoms with van der Waals surface area (Å²) in [4.78, 5) is 41.5. The molecule has 1 saturated heterocycles. The van der Waals surface area contributed by atoms with Crippen LogP contribution < -0.4 is 9.47 Å². The third-order valence-corrected chi connectivity index (χ3v) is 6.30. The molecule has 8 nitrogen and oxygen atoms in total. The van der Waals surface area contributed by atoms with Crippen molar-refractivity contribution < 1.29 is 28.6 Å². The van der Waals surface area contributed by atoms with Gasteiger partial charge in [0.05, 0.1) is 20.1 Å². The van der Waals surface area contributed by atoms with Gasteiger partial charge in [0.25, 0.3) is 5.91 Å². The number of ether oxygens (including phenoxy) is 3. The number of hydrogen-bond acceptors (Lipinski definition) is 6. The van der Waals surface area contributed by atoms with Crippen molar-refractivity contribution in [3.63, 3.8) is 0 Å². The van der Waals surface area contributed by atoms with Crippen molar-refractivity contribution in [2.45, 2.75) is 45.7 Å². The molecule has 1 heterocycles. The molecule has 1 fully saturated rings. The van der Waals surface area contributed by atoms with Gasteiger partial charge >= 0.3 is 5.97 Å². The van der Waals surface area contributed by atoms with Crippen LogP contribution in [0.15, 0.2) is 48.5 Å². The second-order valence-electron chi connectivity index (χ2n) is 9.92. The first kappa shape index (κ1) is 27.0. The number of carbonyl (C=O) groups is 3. The highest BCUT2D eigenvalue weighted by molar-refractivity contribution is 5.88. The standard InChI is InChI=1S/C28H36N2O6/c1-28(2,3)30(17-21-9-7-6-8-10-21)26(32)19-36-27(33)22-16-25(31)29(18-22)14-13-20-11-12-23(34-4)24(15-20)35-5/h6-12,15,22H,13-14,16-19H2,1-5H3/t22-/m1/s1. The quantitative estimate of drug-likeness (QED) is 0.469. The van der Waals surface area contributed by atoms with Crippen LogP contribution in [0.3, 0.4) is 0 Å². The lowest BCUT2D eigenvalue weighted by Crippen LogP contribution is -2.47. The lowest BCUT2D eigenvalue weighted by Gasteiger charge is -2.35. The van der Waals surface area contributed by atoms with Gasteiger partial charge in [0.15, 0.2) is 18.1 Å². The Labute approximate surface area is 213 Å². The van der Waals surface area contributed by atoms with Crippen LogP contribution in [-0.2, 0) is 32.1 Å². The number of esters is 1. The number of hydrogen-bond donors (Lipinski definition) is 0. The molecule has 2 amide bonds. The van der Waals surface area contributed by atoms with Crippen LogP contribution >= 0.6 is 0 Å². The Morgan fingerprint density at radius 2 is 1.69 bits per heavy atom. The van der Waals surface area contributed by atoms with Crippen molar-refractivity contribution in [2.24, 2.45) is 5.92 Å². The zero-order valence-electron chi connectivity index (χ0n) is 21.8. The van der Waals surface area contributed by atoms with Gasteiger partial charge in [-0.1, -0.05) is 36.4 Å². The van der Waals surface area contributed by atoms with E-state index in [0.717, 1.165) is 11.1 Å². The molecule has 0 spiro atoms. The lowest BCUT2D eigenvalue weighted by atomic mass is 10.0. The SMILES string of the molecule is COc1ccc(CCN2C[C@H](C(=O)OCC(=O)N(Cc3ccccc3)C(C)(C)C)CC2=O)cc1OC. The van der Waals surface area contributed by atoms with Gasteiger partial charge < -0.3 is 24.0 Å². The molecule has 0 bridgehead atoms. The van der Waals surface area contributed by atoms with Crippen molar-refractivity contribution in [3.8, 4) is 11.5 Å². The predicted octanol–water partition coefficient (Wildman–Crippen LogP) is 3.47. The topological polar surface area (TPSA) is 85.4 Å². The minimum absolute atomic E-state index is 0.0892. The highest BCUT2D eigenvalue weighted by Gasteiger charge is 2.36. The van der Waals surface area contributed by atoms with Gasteiger partial charge in [0.2, 0.25) is 5.91 Å². The van der Waals surface area contributed by atoms with Crippen LogP contribution in [-0.4, -0.2) is 67.0 Å². The van der Waals surface area contributed by atoms with Crippen LogP contribution in [0.4, 0.5) is 0 Å². The molecule has 2 aromatic rings. The number of likely N-dealkylation sites (tertiary alicyclic amines) is 1. The van der Waals surface area contributed by atoms with E-state index in [-0.39, 0.29) is 31.4 Å². The highest BCUT2D eigenvalue weighted by Crippen LogP contribution is 2.28. The first-order valence-electron chi connectivity index (χ1n) is 12.1. The summed E-state index contributed by atoms with van der Waals surface area (Å²) in [6.07, 6.45) is 0.707. The van der Waals surface area contributed by atoms with Gasteiger partial charge in [-0.3, -0.25) is 14.4 Å². The molecule has 0 unspecified atom stereocenters. The largest absolute Gasteiger partial charge is 0.493 e. The maximum atomic E-state index is 13.0. The second kappa shape index (κ2) is 11.9. The summed E-state index contributed by atoms with van der Waals surface area (Å²) in [5.74, 6) is -0.180. The van der Waals surface area contributed by atoms with Crippen molar-refractivity contribution >= 4 is 17.8 Å². The van der Waals surface area contributed by atoms with Crippen molar-refractivity contribution in [1.29, 1.82) is 0 Å². The fourth-order valence-electron chi connectivity index (χ4n) is 4.24. The monoisotopic (exact) mass is 496 g/mol. The molecule has 0 N–H and O–H groups in total. The predicted molar refractivity (Wildman–Crippen MR) is 136 cm³/mol. The molecule has 0 saturated carbocycles. The molecule has 2 aromatic carbocycles. The molecule has 0 radical (unpaired) electrons. The molecule has 36 heavy (non-hydrogen) atoms. The van der Waals surface area contributed by atoms with Crippen LogP contribution in [0.2, 0.25) is 0 Å². The van der Waals surface area contributed by atoms with Crippen molar-refractivity contribution in [1.82, 2.24) is 9.80 Å². The average Bonchev–Trinajstić information content (AvgIpc) is 3.24. The van der Waals surface area contributed by atoms with Gasteiger partial charge in [0.1, 0.15) is 0 Å². The molecular formula is C28H36N2O6. The average molecular weight is 497 g/mol. The highest BCUT2D eigenvalue weighted by atomic mass is 16.5. The van der Waals surface area contributed by atoms with Crippen LogP contribution in [0.1, 0.15) is 38.3 Å². The minimum Gasteiger partial charge on any atom is -0.493 e. The summed E-state index contributed by atoms with van der Waals surface area (Å²) in [5.41, 5.74) is 1.56. The number of methoxy groups -OCH3 is 2. The zero-order valence-corrected chi connectivity index (χ0v) is 21.8. The van der Waals surface area contributed by atoms with E-state index in [1.165, 1.54) is 0 Å². The Bertz CT molecular complexity index is 1060. The summed E-state index contributed by atoms with van der Waals surface area (Å²) in [7, 11) is 3.16. The fourth-order valence-corrected chi connectivity index (χ4v) is 4.24. The third-order valence-electron chi connectivity index (χ3n) is 6.30. The fraction of sp³-hybridized carbons (Fsp3) is 0.464. The Balaban J connectivity index is 1.52. The van der Waals surface area contributed by atoms with Gasteiger partial charge in [-0.2, -0.15) is 0 Å². The van der Waals surface area contributed by atoms with E-state index >= 15 is 0 Å². The van der Waals surface area contributed by atoms with E-state index in [1.807, 2.05) is 69.3 Å². The molecule has 8 heteroatoms. The summed E-state index contributed by atoms with van der Waals surface area (Å²) in [6, 6.07) is 15.3. The number of nitrogens with zero attached hydrogens (tertiary/aromatic N) is 2. The summed E-state index contributed by atoms with van der Waals surface area (Å²) in [5, 5.41) is 0. The maximum Gasteiger partial charge on any atom is 0.311 e. The lowest BCUT2D eigenvalue weighted by molar-refractivity contribution is -0.157. The molecule has 0 aliphatic carbocycles. The molecule has 3 rings (SSSR count). The summed E-state index contributed by atoms with van der Waals surface area (Å²) < 4.78 is 16.0. The Morgan fingerprint density at radius 3 is 2.33 bits per heavy atom. The summed E-state index contributed by atoms with van der Waals surface area (Å²) >= 11 is 0. The van der Waals surface area contributed by atoms with E-state index in [0.29, 0.717) is 31.0 Å². The Kier molecular flexibility index (Phi) is 8.96. The molecule has 1 aliphatic rings. The van der Waals surface area contributed by atoms with E-state index in [4.69, 9.17) is 14.2 Å². The molecule has 0 aromatic heterocycles. The first-order valence-corrected chi connectivity index (χ1v) is 12.1. The normalized spacial score (nSPS) is 15.5. The number of benzene rings is 2. The molecular weight excluding hydrogens is 460 g/mol. The Morgan fingerprint density at radius 1 is 1.00 bits per heavy atom. The molecule has 1 atom stereocenters. The van der Waals surface area contributed by atoms with E-state index < -0.39 is 17.4 Å². The van der Waals surface area contributed by atoms with Gasteiger partial charge in [0, 0.05) is 31.6 Å². The van der Waals surface area contributed by atoms with Crippen molar-refractivity contribution in [2.75, 3.05) is 33.9 Å². The molecule has 194 valence electrons. The van der Waals surface area contributed by atoms with Crippen LogP contribution in [0, 0.1) is 5.92 Å².